The molecule has 0 saturated carbocycles. The molecule has 3 heterocycles. The average Bonchev–Trinajstić information content (AvgIpc) is 3.58. The number of para-hydroxylation sites is 1. The molecule has 1 amide bonds. The number of ketones is 1. The third-order valence-electron chi connectivity index (χ3n) is 6.44. The molecule has 37 heavy (non-hydrogen) atoms. The molecule has 0 radical (unpaired) electrons. The lowest BCUT2D eigenvalue weighted by molar-refractivity contribution is -0.132. The second kappa shape index (κ2) is 8.30. The summed E-state index contributed by atoms with van der Waals surface area (Å²) in [6, 6.07) is 14.6. The molecule has 6 rings (SSSR count). The number of Topliss-reactive ketones (excluding diaryl/α,β-unsaturated/α-hetero) is 1. The quantitative estimate of drug-likeness (QED) is 0.184. The summed E-state index contributed by atoms with van der Waals surface area (Å²) >= 11 is 0. The fraction of sp³-hybridized carbons (Fsp3) is 0.0741. The van der Waals surface area contributed by atoms with Crippen molar-refractivity contribution < 1.29 is 28.2 Å². The summed E-state index contributed by atoms with van der Waals surface area (Å²) in [6.07, 6.45) is 1.56. The van der Waals surface area contributed by atoms with E-state index in [1.165, 1.54) is 7.11 Å². The molecule has 1 unspecified atom stereocenters. The predicted molar refractivity (Wildman–Crippen MR) is 132 cm³/mol. The number of rotatable bonds is 4. The minimum Gasteiger partial charge on any atom is -0.507 e. The van der Waals surface area contributed by atoms with Crippen molar-refractivity contribution in [2.24, 2.45) is 0 Å². The van der Waals surface area contributed by atoms with Gasteiger partial charge in [-0.15, -0.1) is 0 Å². The first kappa shape index (κ1) is 22.5. The summed E-state index contributed by atoms with van der Waals surface area (Å²) in [5, 5.41) is 12.1. The number of amides is 1. The standard InChI is InChI=1S/C27H18F2N4O4/c1-37-14-6-4-5-13(9-14)23-22(24(34)16-12-30-19-8-3-2-7-15(16)19)25(35)26(36)33(23)27-31-20-10-17(28)18(29)11-21(20)32-27/h2-12,23,30,34H,1H3,(H,31,32)/b24-22+. The average molecular weight is 500 g/mol. The van der Waals surface area contributed by atoms with Crippen LogP contribution in [0.1, 0.15) is 17.2 Å². The number of anilines is 1. The summed E-state index contributed by atoms with van der Waals surface area (Å²) in [6.45, 7) is 0. The maximum atomic E-state index is 13.8. The number of aromatic nitrogens is 3. The van der Waals surface area contributed by atoms with Crippen molar-refractivity contribution in [2.75, 3.05) is 12.0 Å². The van der Waals surface area contributed by atoms with Gasteiger partial charge in [0.25, 0.3) is 5.78 Å². The fourth-order valence-corrected chi connectivity index (χ4v) is 4.70. The largest absolute Gasteiger partial charge is 0.507 e. The number of hydrogen-bond donors (Lipinski definition) is 3. The van der Waals surface area contributed by atoms with E-state index in [2.05, 4.69) is 15.0 Å². The number of aliphatic hydroxyl groups excluding tert-OH is 1. The Morgan fingerprint density at radius 3 is 2.62 bits per heavy atom. The molecule has 1 aliphatic heterocycles. The van der Waals surface area contributed by atoms with Crippen molar-refractivity contribution >= 4 is 45.3 Å². The highest BCUT2D eigenvalue weighted by atomic mass is 19.2. The highest BCUT2D eigenvalue weighted by Gasteiger charge is 2.48. The van der Waals surface area contributed by atoms with Crippen LogP contribution in [0.2, 0.25) is 0 Å². The first-order valence-corrected chi connectivity index (χ1v) is 11.2. The minimum atomic E-state index is -1.11. The van der Waals surface area contributed by atoms with E-state index in [4.69, 9.17) is 4.74 Å². The van der Waals surface area contributed by atoms with E-state index in [1.807, 2.05) is 12.1 Å². The topological polar surface area (TPSA) is 111 Å². The van der Waals surface area contributed by atoms with E-state index in [9.17, 15) is 23.5 Å². The van der Waals surface area contributed by atoms with Crippen LogP contribution < -0.4 is 9.64 Å². The molecule has 3 N–H and O–H groups in total. The lowest BCUT2D eigenvalue weighted by Crippen LogP contribution is -2.30. The second-order valence-corrected chi connectivity index (χ2v) is 8.54. The van der Waals surface area contributed by atoms with Gasteiger partial charge in [0.2, 0.25) is 5.95 Å². The number of halogens is 2. The van der Waals surface area contributed by atoms with Crippen LogP contribution in [0.3, 0.4) is 0 Å². The first-order valence-electron chi connectivity index (χ1n) is 11.2. The molecule has 0 spiro atoms. The molecule has 184 valence electrons. The van der Waals surface area contributed by atoms with Gasteiger partial charge in [0.05, 0.1) is 29.8 Å². The van der Waals surface area contributed by atoms with Gasteiger partial charge in [-0.05, 0) is 23.8 Å². The van der Waals surface area contributed by atoms with Crippen molar-refractivity contribution in [1.82, 2.24) is 15.0 Å². The monoisotopic (exact) mass is 500 g/mol. The van der Waals surface area contributed by atoms with E-state index < -0.39 is 29.4 Å². The zero-order valence-electron chi connectivity index (χ0n) is 19.3. The number of fused-ring (bicyclic) bond motifs is 2. The van der Waals surface area contributed by atoms with Gasteiger partial charge in [-0.3, -0.25) is 14.5 Å². The molecular formula is C27H18F2N4O4. The van der Waals surface area contributed by atoms with Gasteiger partial charge in [0, 0.05) is 34.8 Å². The zero-order chi connectivity index (χ0) is 25.8. The number of carbonyl (C=O) groups excluding carboxylic acids is 2. The van der Waals surface area contributed by atoms with Crippen LogP contribution in [-0.2, 0) is 9.59 Å². The highest BCUT2D eigenvalue weighted by Crippen LogP contribution is 2.43. The molecule has 2 aromatic heterocycles. The summed E-state index contributed by atoms with van der Waals surface area (Å²) in [7, 11) is 1.48. The predicted octanol–water partition coefficient (Wildman–Crippen LogP) is 4.96. The lowest BCUT2D eigenvalue weighted by Gasteiger charge is -2.23. The number of nitrogens with one attached hydrogen (secondary N) is 2. The summed E-state index contributed by atoms with van der Waals surface area (Å²) in [5.74, 6) is -4.11. The zero-order valence-corrected chi connectivity index (χ0v) is 19.3. The normalized spacial score (nSPS) is 17.3. The Balaban J connectivity index is 1.60. The first-order chi connectivity index (χ1) is 17.9. The Labute approximate surface area is 207 Å². The van der Waals surface area contributed by atoms with Crippen LogP contribution >= 0.6 is 0 Å². The maximum Gasteiger partial charge on any atom is 0.302 e. The van der Waals surface area contributed by atoms with E-state index in [0.29, 0.717) is 22.3 Å². The molecule has 3 aromatic carbocycles. The third kappa shape index (κ3) is 3.45. The molecule has 10 heteroatoms. The van der Waals surface area contributed by atoms with Crippen molar-refractivity contribution in [3.8, 4) is 5.75 Å². The Morgan fingerprint density at radius 2 is 1.81 bits per heavy atom. The molecule has 1 aliphatic rings. The summed E-state index contributed by atoms with van der Waals surface area (Å²) < 4.78 is 33.0. The van der Waals surface area contributed by atoms with Crippen LogP contribution in [-0.4, -0.2) is 38.9 Å². The van der Waals surface area contributed by atoms with E-state index in [-0.39, 0.29) is 28.3 Å². The van der Waals surface area contributed by atoms with Gasteiger partial charge in [0.1, 0.15) is 11.5 Å². The highest BCUT2D eigenvalue weighted by molar-refractivity contribution is 6.51. The molecular weight excluding hydrogens is 482 g/mol. The lowest BCUT2D eigenvalue weighted by atomic mass is 9.95. The second-order valence-electron chi connectivity index (χ2n) is 8.54. The van der Waals surface area contributed by atoms with Crippen LogP contribution in [0.15, 0.2) is 72.4 Å². The van der Waals surface area contributed by atoms with Crippen LogP contribution in [0.5, 0.6) is 5.75 Å². The number of H-pyrrole nitrogens is 2. The van der Waals surface area contributed by atoms with Gasteiger partial charge in [-0.1, -0.05) is 30.3 Å². The van der Waals surface area contributed by atoms with Crippen molar-refractivity contribution in [3.05, 3.63) is 95.2 Å². The van der Waals surface area contributed by atoms with Crippen LogP contribution in [0.25, 0.3) is 27.7 Å². The Hall–Kier alpha value is -4.99. The Morgan fingerprint density at radius 1 is 1.03 bits per heavy atom. The maximum absolute atomic E-state index is 13.8. The number of carbonyl (C=O) groups is 2. The fourth-order valence-electron chi connectivity index (χ4n) is 4.70. The number of ether oxygens (including phenoxy) is 1. The molecule has 8 nitrogen and oxygen atoms in total. The third-order valence-corrected chi connectivity index (χ3v) is 6.44. The van der Waals surface area contributed by atoms with Gasteiger partial charge in [-0.25, -0.2) is 13.8 Å². The molecule has 1 fully saturated rings. The number of aromatic amines is 2. The van der Waals surface area contributed by atoms with Crippen LogP contribution in [0, 0.1) is 11.6 Å². The number of hydrogen-bond acceptors (Lipinski definition) is 5. The molecule has 0 bridgehead atoms. The number of imidazole rings is 1. The van der Waals surface area contributed by atoms with Gasteiger partial charge >= 0.3 is 5.91 Å². The SMILES string of the molecule is COc1cccc(C2/C(=C(\O)c3c[nH]c4ccccc34)C(=O)C(=O)N2c2nc3cc(F)c(F)cc3[nH]2)c1. The molecule has 1 saturated heterocycles. The Kier molecular flexibility index (Phi) is 5.04. The minimum absolute atomic E-state index is 0.0665. The number of methoxy groups -OCH3 is 1. The summed E-state index contributed by atoms with van der Waals surface area (Å²) in [4.78, 5) is 38.0. The number of benzene rings is 3. The van der Waals surface area contributed by atoms with Crippen molar-refractivity contribution in [1.29, 1.82) is 0 Å². The van der Waals surface area contributed by atoms with Crippen LogP contribution in [0.4, 0.5) is 14.7 Å². The molecule has 5 aromatic rings. The van der Waals surface area contributed by atoms with E-state index in [0.717, 1.165) is 22.5 Å². The number of nitrogens with zero attached hydrogens (tertiary/aromatic N) is 2. The Bertz CT molecular complexity index is 1730. The number of aliphatic hydroxyl groups is 1. The van der Waals surface area contributed by atoms with Gasteiger partial charge in [0.15, 0.2) is 11.6 Å². The van der Waals surface area contributed by atoms with Crippen molar-refractivity contribution in [2.45, 2.75) is 6.04 Å². The van der Waals surface area contributed by atoms with Gasteiger partial charge < -0.3 is 19.8 Å². The van der Waals surface area contributed by atoms with Gasteiger partial charge in [-0.2, -0.15) is 0 Å². The smallest absolute Gasteiger partial charge is 0.302 e. The molecule has 0 aliphatic carbocycles. The molecule has 1 atom stereocenters. The van der Waals surface area contributed by atoms with E-state index in [1.54, 1.807) is 42.6 Å². The summed E-state index contributed by atoms with van der Waals surface area (Å²) in [5.41, 5.74) is 1.57. The van der Waals surface area contributed by atoms with Crippen molar-refractivity contribution in [3.63, 3.8) is 0 Å². The van der Waals surface area contributed by atoms with E-state index >= 15 is 0 Å².